The van der Waals surface area contributed by atoms with Crippen LogP contribution in [-0.2, 0) is 11.2 Å². The molecule has 0 spiro atoms. The van der Waals surface area contributed by atoms with Crippen LogP contribution in [0.3, 0.4) is 0 Å². The molecule has 0 aliphatic carbocycles. The number of H-pyrrole nitrogens is 1. The second kappa shape index (κ2) is 15.0. The number of nitrogens with one attached hydrogen (secondary N) is 3. The van der Waals surface area contributed by atoms with E-state index in [0.29, 0.717) is 23.8 Å². The average Bonchev–Trinajstić information content (AvgIpc) is 3.36. The summed E-state index contributed by atoms with van der Waals surface area (Å²) in [6.07, 6.45) is 16.3. The molecular formula is C31H40FN5O2. The van der Waals surface area contributed by atoms with Gasteiger partial charge in [0.25, 0.3) is 0 Å². The van der Waals surface area contributed by atoms with E-state index in [9.17, 15) is 9.18 Å². The third-order valence-electron chi connectivity index (χ3n) is 6.96. The molecule has 0 radical (unpaired) electrons. The quantitative estimate of drug-likeness (QED) is 0.167. The SMILES string of the molecule is C=C/C=C\C(=C/C)CN1CCC(CNC(=O)C(N)Cc2ccc(O/C(=C/C=N)c3c[nH]cc3C)c(F)c2)CC1. The number of aromatic nitrogens is 1. The van der Waals surface area contributed by atoms with Gasteiger partial charge in [-0.1, -0.05) is 36.9 Å². The lowest BCUT2D eigenvalue weighted by molar-refractivity contribution is -0.122. The molecule has 2 heterocycles. The molecule has 2 aromatic rings. The summed E-state index contributed by atoms with van der Waals surface area (Å²) in [5, 5.41) is 10.4. The standard InChI is InChI=1S/C31H40FN5O2/c1-4-6-7-23(5-2)21-37-14-11-24(12-15-37)19-36-31(38)28(34)17-25-8-9-30(27(32)16-25)39-29(10-13-33)26-20-35-18-22(26)3/h4-10,13,16,18,20,24,28,33,35H,1,11-12,14-15,17,19,21,34H2,2-3H3,(H,36,38)/b7-6-,23-5+,29-10+,33-13?. The highest BCUT2D eigenvalue weighted by molar-refractivity contribution is 5.82. The number of allylic oxidation sites excluding steroid dienone is 4. The van der Waals surface area contributed by atoms with Crippen LogP contribution in [0.2, 0.25) is 0 Å². The summed E-state index contributed by atoms with van der Waals surface area (Å²) in [4.78, 5) is 18.1. The van der Waals surface area contributed by atoms with Crippen molar-refractivity contribution in [3.63, 3.8) is 0 Å². The van der Waals surface area contributed by atoms with Crippen LogP contribution in [0.5, 0.6) is 5.75 Å². The van der Waals surface area contributed by atoms with Gasteiger partial charge in [0.05, 0.1) is 6.04 Å². The van der Waals surface area contributed by atoms with Crippen molar-refractivity contribution in [2.45, 2.75) is 39.2 Å². The number of nitrogens with two attached hydrogens (primary N) is 1. The van der Waals surface area contributed by atoms with Crippen LogP contribution in [-0.4, -0.2) is 54.2 Å². The van der Waals surface area contributed by atoms with Crippen LogP contribution in [0.1, 0.15) is 36.5 Å². The predicted octanol–water partition coefficient (Wildman–Crippen LogP) is 4.92. The Morgan fingerprint density at radius 2 is 2.13 bits per heavy atom. The fraction of sp³-hybridized carbons (Fsp3) is 0.355. The number of carbonyl (C=O) groups excluding carboxylic acids is 1. The summed E-state index contributed by atoms with van der Waals surface area (Å²) in [6.45, 7) is 11.1. The summed E-state index contributed by atoms with van der Waals surface area (Å²) in [5.41, 5.74) is 9.69. The molecule has 8 heteroatoms. The van der Waals surface area contributed by atoms with E-state index < -0.39 is 11.9 Å². The van der Waals surface area contributed by atoms with Crippen LogP contribution in [0.4, 0.5) is 4.39 Å². The Morgan fingerprint density at radius 3 is 2.74 bits per heavy atom. The molecule has 208 valence electrons. The molecule has 0 bridgehead atoms. The molecule has 5 N–H and O–H groups in total. The van der Waals surface area contributed by atoms with Gasteiger partial charge in [-0.25, -0.2) is 4.39 Å². The lowest BCUT2D eigenvalue weighted by atomic mass is 9.96. The zero-order chi connectivity index (χ0) is 28.2. The van der Waals surface area contributed by atoms with Crippen molar-refractivity contribution < 1.29 is 13.9 Å². The molecule has 1 fully saturated rings. The van der Waals surface area contributed by atoms with Gasteiger partial charge in [0.1, 0.15) is 5.76 Å². The number of benzene rings is 1. The molecule has 1 aromatic heterocycles. The third-order valence-corrected chi connectivity index (χ3v) is 6.96. The molecule has 1 amide bonds. The first-order valence-electron chi connectivity index (χ1n) is 13.3. The molecular weight excluding hydrogens is 493 g/mol. The van der Waals surface area contributed by atoms with Crippen molar-refractivity contribution in [2.75, 3.05) is 26.2 Å². The summed E-state index contributed by atoms with van der Waals surface area (Å²) in [6, 6.07) is 3.79. The van der Waals surface area contributed by atoms with Gasteiger partial charge < -0.3 is 26.2 Å². The number of likely N-dealkylation sites (tertiary alicyclic amines) is 1. The summed E-state index contributed by atoms with van der Waals surface area (Å²) in [7, 11) is 0. The number of aromatic amines is 1. The minimum atomic E-state index is -0.777. The Hall–Kier alpha value is -3.75. The van der Waals surface area contributed by atoms with Gasteiger partial charge in [-0.2, -0.15) is 0 Å². The molecule has 1 atom stereocenters. The van der Waals surface area contributed by atoms with Gasteiger partial charge in [0, 0.05) is 37.3 Å². The Morgan fingerprint density at radius 1 is 1.36 bits per heavy atom. The smallest absolute Gasteiger partial charge is 0.237 e. The number of halogens is 1. The maximum absolute atomic E-state index is 14.9. The first-order valence-corrected chi connectivity index (χ1v) is 13.3. The van der Waals surface area contributed by atoms with E-state index in [0.717, 1.165) is 49.8 Å². The molecule has 7 nitrogen and oxygen atoms in total. The highest BCUT2D eigenvalue weighted by Gasteiger charge is 2.22. The maximum atomic E-state index is 14.9. The fourth-order valence-corrected chi connectivity index (χ4v) is 4.60. The predicted molar refractivity (Wildman–Crippen MR) is 156 cm³/mol. The van der Waals surface area contributed by atoms with Crippen LogP contribution in [0, 0.1) is 24.1 Å². The van der Waals surface area contributed by atoms with E-state index in [4.69, 9.17) is 15.9 Å². The average molecular weight is 534 g/mol. The molecule has 1 unspecified atom stereocenters. The van der Waals surface area contributed by atoms with Gasteiger partial charge in [-0.3, -0.25) is 9.69 Å². The van der Waals surface area contributed by atoms with Crippen molar-refractivity contribution in [1.82, 2.24) is 15.2 Å². The molecule has 0 saturated carbocycles. The van der Waals surface area contributed by atoms with Crippen LogP contribution in [0.15, 0.2) is 73.1 Å². The number of aryl methyl sites for hydroxylation is 1. The van der Waals surface area contributed by atoms with E-state index in [-0.39, 0.29) is 18.1 Å². The van der Waals surface area contributed by atoms with Crippen molar-refractivity contribution in [1.29, 1.82) is 5.41 Å². The minimum absolute atomic E-state index is 0.0371. The van der Waals surface area contributed by atoms with E-state index in [1.807, 2.05) is 19.9 Å². The highest BCUT2D eigenvalue weighted by Crippen LogP contribution is 2.26. The summed E-state index contributed by atoms with van der Waals surface area (Å²) < 4.78 is 20.6. The number of hydrogen-bond acceptors (Lipinski definition) is 5. The zero-order valence-electron chi connectivity index (χ0n) is 22.9. The highest BCUT2D eigenvalue weighted by atomic mass is 19.1. The second-order valence-electron chi connectivity index (χ2n) is 9.85. The van der Waals surface area contributed by atoms with E-state index in [2.05, 4.69) is 33.9 Å². The lowest BCUT2D eigenvalue weighted by Crippen LogP contribution is -2.45. The summed E-state index contributed by atoms with van der Waals surface area (Å²) in [5.74, 6) is 0.0233. The van der Waals surface area contributed by atoms with Crippen LogP contribution >= 0.6 is 0 Å². The van der Waals surface area contributed by atoms with Crippen molar-refractivity contribution >= 4 is 17.9 Å². The Bertz CT molecular complexity index is 1220. The van der Waals surface area contributed by atoms with E-state index in [1.165, 1.54) is 23.8 Å². The number of amides is 1. The maximum Gasteiger partial charge on any atom is 0.237 e. The van der Waals surface area contributed by atoms with Crippen molar-refractivity contribution in [2.24, 2.45) is 11.7 Å². The number of carbonyl (C=O) groups is 1. The number of nitrogens with zero attached hydrogens (tertiary/aromatic N) is 1. The van der Waals surface area contributed by atoms with Gasteiger partial charge >= 0.3 is 0 Å². The van der Waals surface area contributed by atoms with Gasteiger partial charge in [-0.05, 0) is 87.0 Å². The van der Waals surface area contributed by atoms with Gasteiger partial charge in [0.15, 0.2) is 11.6 Å². The van der Waals surface area contributed by atoms with Crippen LogP contribution in [0.25, 0.3) is 5.76 Å². The van der Waals surface area contributed by atoms with Crippen molar-refractivity contribution in [3.05, 3.63) is 95.6 Å². The Kier molecular flexibility index (Phi) is 11.5. The first kappa shape index (κ1) is 29.8. The third kappa shape index (κ3) is 8.90. The molecule has 1 aliphatic heterocycles. The second-order valence-corrected chi connectivity index (χ2v) is 9.85. The number of hydrogen-bond donors (Lipinski definition) is 4. The molecule has 1 aliphatic rings. The van der Waals surface area contributed by atoms with Gasteiger partial charge in [0.2, 0.25) is 5.91 Å². The minimum Gasteiger partial charge on any atom is -0.454 e. The zero-order valence-corrected chi connectivity index (χ0v) is 22.9. The lowest BCUT2D eigenvalue weighted by Gasteiger charge is -2.32. The number of rotatable bonds is 13. The van der Waals surface area contributed by atoms with E-state index in [1.54, 1.807) is 24.5 Å². The largest absolute Gasteiger partial charge is 0.454 e. The first-order chi connectivity index (χ1) is 18.8. The monoisotopic (exact) mass is 533 g/mol. The molecule has 1 saturated heterocycles. The van der Waals surface area contributed by atoms with E-state index >= 15 is 0 Å². The van der Waals surface area contributed by atoms with Crippen molar-refractivity contribution in [3.8, 4) is 5.75 Å². The molecule has 1 aromatic carbocycles. The normalized spacial score (nSPS) is 16.3. The fourth-order valence-electron chi connectivity index (χ4n) is 4.60. The van der Waals surface area contributed by atoms with Gasteiger partial charge in [-0.15, -0.1) is 0 Å². The summed E-state index contributed by atoms with van der Waals surface area (Å²) >= 11 is 0. The number of ether oxygens (including phenoxy) is 1. The molecule has 39 heavy (non-hydrogen) atoms. The Labute approximate surface area is 230 Å². The Balaban J connectivity index is 1.47. The molecule has 3 rings (SSSR count). The topological polar surface area (TPSA) is 107 Å². The number of piperidine rings is 1. The van der Waals surface area contributed by atoms with Crippen LogP contribution < -0.4 is 15.8 Å².